The van der Waals surface area contributed by atoms with Gasteiger partial charge in [0.05, 0.1) is 4.92 Å². The lowest BCUT2D eigenvalue weighted by atomic mass is 10.2. The van der Waals surface area contributed by atoms with Gasteiger partial charge in [-0.15, -0.1) is 0 Å². The van der Waals surface area contributed by atoms with Crippen LogP contribution in [0, 0.1) is 10.1 Å². The van der Waals surface area contributed by atoms with E-state index in [1.807, 2.05) is 24.3 Å². The van der Waals surface area contributed by atoms with Gasteiger partial charge < -0.3 is 10.3 Å². The molecular formula is C15H11N3O3. The van der Waals surface area contributed by atoms with Crippen molar-refractivity contribution < 1.29 is 9.72 Å². The van der Waals surface area contributed by atoms with Crippen LogP contribution >= 0.6 is 0 Å². The van der Waals surface area contributed by atoms with Crippen LogP contribution in [0.3, 0.4) is 0 Å². The Bertz CT molecular complexity index is 789. The van der Waals surface area contributed by atoms with Crippen molar-refractivity contribution in [3.63, 3.8) is 0 Å². The number of benzene rings is 2. The quantitative estimate of drug-likeness (QED) is 0.570. The maximum atomic E-state index is 12.1. The van der Waals surface area contributed by atoms with E-state index in [1.165, 1.54) is 24.3 Å². The molecule has 2 N–H and O–H groups in total. The van der Waals surface area contributed by atoms with Gasteiger partial charge >= 0.3 is 0 Å². The number of hydrogen-bond acceptors (Lipinski definition) is 3. The first-order chi connectivity index (χ1) is 10.1. The summed E-state index contributed by atoms with van der Waals surface area (Å²) in [6, 6.07) is 15.0. The minimum atomic E-state index is -0.483. The molecule has 1 amide bonds. The SMILES string of the molecule is O=C(Nc1ccc([N+](=O)[O-])cc1)c1cc2ccccc2[nH]1. The predicted molar refractivity (Wildman–Crippen MR) is 79.3 cm³/mol. The number of nitrogens with zero attached hydrogens (tertiary/aromatic N) is 1. The second-order valence-corrected chi connectivity index (χ2v) is 4.53. The molecule has 21 heavy (non-hydrogen) atoms. The zero-order valence-electron chi connectivity index (χ0n) is 10.9. The van der Waals surface area contributed by atoms with E-state index in [0.29, 0.717) is 11.4 Å². The highest BCUT2D eigenvalue weighted by molar-refractivity contribution is 6.05. The summed E-state index contributed by atoms with van der Waals surface area (Å²) in [5.41, 5.74) is 1.81. The van der Waals surface area contributed by atoms with E-state index < -0.39 is 4.92 Å². The number of anilines is 1. The fourth-order valence-electron chi connectivity index (χ4n) is 2.06. The normalized spacial score (nSPS) is 10.5. The number of aromatic amines is 1. The number of amides is 1. The van der Waals surface area contributed by atoms with Crippen molar-refractivity contribution in [2.75, 3.05) is 5.32 Å². The van der Waals surface area contributed by atoms with Crippen LogP contribution in [-0.4, -0.2) is 15.8 Å². The lowest BCUT2D eigenvalue weighted by Gasteiger charge is -2.02. The van der Waals surface area contributed by atoms with Crippen LogP contribution < -0.4 is 5.32 Å². The summed E-state index contributed by atoms with van der Waals surface area (Å²) in [6.07, 6.45) is 0. The Kier molecular flexibility index (Phi) is 3.12. The summed E-state index contributed by atoms with van der Waals surface area (Å²) < 4.78 is 0. The van der Waals surface area contributed by atoms with Crippen LogP contribution in [0.2, 0.25) is 0 Å². The van der Waals surface area contributed by atoms with Gasteiger partial charge in [0.25, 0.3) is 11.6 Å². The molecule has 0 radical (unpaired) electrons. The van der Waals surface area contributed by atoms with E-state index in [1.54, 1.807) is 6.07 Å². The Balaban J connectivity index is 1.80. The molecule has 0 aliphatic heterocycles. The van der Waals surface area contributed by atoms with Gasteiger partial charge in [0.2, 0.25) is 0 Å². The van der Waals surface area contributed by atoms with Crippen LogP contribution in [0.5, 0.6) is 0 Å². The summed E-state index contributed by atoms with van der Waals surface area (Å²) in [6.45, 7) is 0. The van der Waals surface area contributed by atoms with Crippen LogP contribution in [0.25, 0.3) is 10.9 Å². The largest absolute Gasteiger partial charge is 0.351 e. The number of non-ortho nitro benzene ring substituents is 1. The topological polar surface area (TPSA) is 88.0 Å². The summed E-state index contributed by atoms with van der Waals surface area (Å²) in [4.78, 5) is 25.2. The Morgan fingerprint density at radius 3 is 2.48 bits per heavy atom. The first-order valence-corrected chi connectivity index (χ1v) is 6.27. The number of fused-ring (bicyclic) bond motifs is 1. The molecule has 6 heteroatoms. The molecule has 0 spiro atoms. The standard InChI is InChI=1S/C15H11N3O3/c19-15(14-9-10-3-1-2-4-13(10)17-14)16-11-5-7-12(8-6-11)18(20)21/h1-9,17H,(H,16,19). The van der Waals surface area contributed by atoms with Gasteiger partial charge in [0.15, 0.2) is 0 Å². The molecule has 0 bridgehead atoms. The molecule has 0 aliphatic carbocycles. The highest BCUT2D eigenvalue weighted by Gasteiger charge is 2.10. The van der Waals surface area contributed by atoms with Crippen molar-refractivity contribution in [2.45, 2.75) is 0 Å². The van der Waals surface area contributed by atoms with Gasteiger partial charge in [-0.2, -0.15) is 0 Å². The summed E-state index contributed by atoms with van der Waals surface area (Å²) in [5.74, 6) is -0.292. The first kappa shape index (κ1) is 12.9. The Labute approximate surface area is 119 Å². The maximum Gasteiger partial charge on any atom is 0.272 e. The summed E-state index contributed by atoms with van der Waals surface area (Å²) in [7, 11) is 0. The fraction of sp³-hybridized carbons (Fsp3) is 0. The maximum absolute atomic E-state index is 12.1. The van der Waals surface area contributed by atoms with E-state index in [2.05, 4.69) is 10.3 Å². The zero-order chi connectivity index (χ0) is 14.8. The number of nitro benzene ring substituents is 1. The number of rotatable bonds is 3. The van der Waals surface area contributed by atoms with Crippen LogP contribution in [0.4, 0.5) is 11.4 Å². The van der Waals surface area contributed by atoms with Gasteiger partial charge in [0.1, 0.15) is 5.69 Å². The van der Waals surface area contributed by atoms with Crippen molar-refractivity contribution in [3.05, 3.63) is 70.4 Å². The van der Waals surface area contributed by atoms with Crippen LogP contribution in [-0.2, 0) is 0 Å². The summed E-state index contributed by atoms with van der Waals surface area (Å²) in [5, 5.41) is 14.2. The Hall–Kier alpha value is -3.15. The van der Waals surface area contributed by atoms with E-state index in [9.17, 15) is 14.9 Å². The smallest absolute Gasteiger partial charge is 0.272 e. The van der Waals surface area contributed by atoms with E-state index in [0.717, 1.165) is 10.9 Å². The molecule has 0 atom stereocenters. The third-order valence-electron chi connectivity index (χ3n) is 3.11. The second kappa shape index (κ2) is 5.09. The lowest BCUT2D eigenvalue weighted by Crippen LogP contribution is -2.12. The molecule has 104 valence electrons. The molecule has 1 heterocycles. The monoisotopic (exact) mass is 281 g/mol. The third-order valence-corrected chi connectivity index (χ3v) is 3.11. The molecule has 3 aromatic rings. The number of nitrogens with one attached hydrogen (secondary N) is 2. The molecule has 0 saturated carbocycles. The minimum Gasteiger partial charge on any atom is -0.351 e. The third kappa shape index (κ3) is 2.59. The molecule has 2 aromatic carbocycles. The van der Waals surface area contributed by atoms with Crippen molar-refractivity contribution in [1.29, 1.82) is 0 Å². The highest BCUT2D eigenvalue weighted by atomic mass is 16.6. The number of hydrogen-bond donors (Lipinski definition) is 2. The lowest BCUT2D eigenvalue weighted by molar-refractivity contribution is -0.384. The van der Waals surface area contributed by atoms with Gasteiger partial charge in [-0.1, -0.05) is 18.2 Å². The molecule has 0 fully saturated rings. The minimum absolute atomic E-state index is 0.0152. The Morgan fingerprint density at radius 1 is 1.10 bits per heavy atom. The zero-order valence-corrected chi connectivity index (χ0v) is 10.9. The molecule has 1 aromatic heterocycles. The molecule has 0 saturated heterocycles. The second-order valence-electron chi connectivity index (χ2n) is 4.53. The molecule has 0 unspecified atom stereocenters. The molecular weight excluding hydrogens is 270 g/mol. The van der Waals surface area contributed by atoms with Crippen LogP contribution in [0.1, 0.15) is 10.5 Å². The number of nitro groups is 1. The number of H-pyrrole nitrogens is 1. The first-order valence-electron chi connectivity index (χ1n) is 6.27. The summed E-state index contributed by atoms with van der Waals surface area (Å²) >= 11 is 0. The van der Waals surface area contributed by atoms with E-state index in [4.69, 9.17) is 0 Å². The molecule has 0 aliphatic rings. The van der Waals surface area contributed by atoms with Crippen molar-refractivity contribution >= 4 is 28.2 Å². The average molecular weight is 281 g/mol. The highest BCUT2D eigenvalue weighted by Crippen LogP contribution is 2.18. The Morgan fingerprint density at radius 2 is 1.81 bits per heavy atom. The number of para-hydroxylation sites is 1. The fourth-order valence-corrected chi connectivity index (χ4v) is 2.06. The van der Waals surface area contributed by atoms with Crippen molar-refractivity contribution in [2.24, 2.45) is 0 Å². The number of carbonyl (C=O) groups is 1. The molecule has 6 nitrogen and oxygen atoms in total. The molecule has 3 rings (SSSR count). The predicted octanol–water partition coefficient (Wildman–Crippen LogP) is 3.33. The van der Waals surface area contributed by atoms with Crippen molar-refractivity contribution in [1.82, 2.24) is 4.98 Å². The van der Waals surface area contributed by atoms with Gasteiger partial charge in [-0.05, 0) is 24.3 Å². The number of aromatic nitrogens is 1. The van der Waals surface area contributed by atoms with E-state index >= 15 is 0 Å². The van der Waals surface area contributed by atoms with Crippen LogP contribution in [0.15, 0.2) is 54.6 Å². The van der Waals surface area contributed by atoms with Gasteiger partial charge in [-0.25, -0.2) is 0 Å². The van der Waals surface area contributed by atoms with E-state index in [-0.39, 0.29) is 11.6 Å². The van der Waals surface area contributed by atoms with Gasteiger partial charge in [0, 0.05) is 28.7 Å². The average Bonchev–Trinajstić information content (AvgIpc) is 2.92. The number of carbonyl (C=O) groups excluding carboxylic acids is 1. The van der Waals surface area contributed by atoms with Gasteiger partial charge in [-0.3, -0.25) is 14.9 Å². The van der Waals surface area contributed by atoms with Crippen molar-refractivity contribution in [3.8, 4) is 0 Å².